The highest BCUT2D eigenvalue weighted by Gasteiger charge is 2.27. The van der Waals surface area contributed by atoms with E-state index in [1.54, 1.807) is 36.3 Å². The summed E-state index contributed by atoms with van der Waals surface area (Å²) in [5, 5.41) is 0.663. The Morgan fingerprint density at radius 3 is 2.65 bits per heavy atom. The molecule has 2 aromatic carbocycles. The summed E-state index contributed by atoms with van der Waals surface area (Å²) in [5.41, 5.74) is 1.56. The van der Waals surface area contributed by atoms with Gasteiger partial charge in [-0.05, 0) is 30.3 Å². The first-order chi connectivity index (χ1) is 11.2. The molecule has 2 aromatic rings. The normalized spacial score (nSPS) is 17.8. The Hall–Kier alpha value is -2.04. The first kappa shape index (κ1) is 15.8. The molecule has 1 aliphatic heterocycles. The molecule has 1 unspecified atom stereocenters. The SMILES string of the molecule is COc1ccc(C(=O)N2CCOC(c3ccccc3Cl)C2)cc1. The second-order valence-electron chi connectivity index (χ2n) is 5.36. The summed E-state index contributed by atoms with van der Waals surface area (Å²) < 4.78 is 10.9. The predicted molar refractivity (Wildman–Crippen MR) is 89.0 cm³/mol. The van der Waals surface area contributed by atoms with Crippen LogP contribution in [0.2, 0.25) is 5.02 Å². The van der Waals surface area contributed by atoms with Gasteiger partial charge in [0.05, 0.1) is 20.3 Å². The van der Waals surface area contributed by atoms with Crippen LogP contribution in [0.4, 0.5) is 0 Å². The molecule has 1 amide bonds. The molecule has 0 bridgehead atoms. The molecule has 3 rings (SSSR count). The van der Waals surface area contributed by atoms with Crippen LogP contribution in [-0.2, 0) is 4.74 Å². The summed E-state index contributed by atoms with van der Waals surface area (Å²) in [5.74, 6) is 0.727. The summed E-state index contributed by atoms with van der Waals surface area (Å²) in [4.78, 5) is 14.5. The molecule has 0 N–H and O–H groups in total. The van der Waals surface area contributed by atoms with E-state index in [2.05, 4.69) is 0 Å². The molecular weight excluding hydrogens is 314 g/mol. The van der Waals surface area contributed by atoms with Gasteiger partial charge in [-0.25, -0.2) is 0 Å². The number of rotatable bonds is 3. The van der Waals surface area contributed by atoms with Gasteiger partial charge in [0.1, 0.15) is 11.9 Å². The lowest BCUT2D eigenvalue weighted by Crippen LogP contribution is -2.42. The molecule has 0 spiro atoms. The summed E-state index contributed by atoms with van der Waals surface area (Å²) in [6, 6.07) is 14.7. The van der Waals surface area contributed by atoms with E-state index in [-0.39, 0.29) is 12.0 Å². The topological polar surface area (TPSA) is 38.8 Å². The monoisotopic (exact) mass is 331 g/mol. The maximum absolute atomic E-state index is 12.7. The smallest absolute Gasteiger partial charge is 0.254 e. The maximum Gasteiger partial charge on any atom is 0.254 e. The molecule has 4 nitrogen and oxygen atoms in total. The fourth-order valence-corrected chi connectivity index (χ4v) is 2.93. The van der Waals surface area contributed by atoms with Crippen molar-refractivity contribution in [2.75, 3.05) is 26.8 Å². The van der Waals surface area contributed by atoms with Gasteiger partial charge in [0.2, 0.25) is 0 Å². The van der Waals surface area contributed by atoms with Gasteiger partial charge in [-0.3, -0.25) is 4.79 Å². The molecule has 1 heterocycles. The molecule has 1 saturated heterocycles. The fraction of sp³-hybridized carbons (Fsp3) is 0.278. The van der Waals surface area contributed by atoms with Crippen molar-refractivity contribution in [1.29, 1.82) is 0 Å². The molecular formula is C18H18ClNO3. The number of morpholine rings is 1. The Balaban J connectivity index is 1.75. The minimum Gasteiger partial charge on any atom is -0.497 e. The first-order valence-corrected chi connectivity index (χ1v) is 7.86. The summed E-state index contributed by atoms with van der Waals surface area (Å²) in [6.07, 6.45) is -0.195. The van der Waals surface area contributed by atoms with Crippen molar-refractivity contribution in [1.82, 2.24) is 4.90 Å². The standard InChI is InChI=1S/C18H18ClNO3/c1-22-14-8-6-13(7-9-14)18(21)20-10-11-23-17(12-20)15-4-2-3-5-16(15)19/h2-9,17H,10-12H2,1H3. The van der Waals surface area contributed by atoms with Gasteiger partial charge >= 0.3 is 0 Å². The molecule has 120 valence electrons. The number of hydrogen-bond donors (Lipinski definition) is 0. The van der Waals surface area contributed by atoms with Gasteiger partial charge in [0.15, 0.2) is 0 Å². The van der Waals surface area contributed by atoms with Crippen LogP contribution in [0.3, 0.4) is 0 Å². The van der Waals surface area contributed by atoms with Crippen LogP contribution < -0.4 is 4.74 Å². The Bertz CT molecular complexity index is 687. The highest BCUT2D eigenvalue weighted by atomic mass is 35.5. The van der Waals surface area contributed by atoms with Crippen LogP contribution >= 0.6 is 11.6 Å². The zero-order chi connectivity index (χ0) is 16.2. The highest BCUT2D eigenvalue weighted by molar-refractivity contribution is 6.31. The van der Waals surface area contributed by atoms with Crippen molar-refractivity contribution in [3.8, 4) is 5.75 Å². The van der Waals surface area contributed by atoms with Crippen LogP contribution in [0.5, 0.6) is 5.75 Å². The number of halogens is 1. The third-order valence-corrected chi connectivity index (χ3v) is 4.29. The summed E-state index contributed by atoms with van der Waals surface area (Å²) in [6.45, 7) is 1.57. The fourth-order valence-electron chi connectivity index (χ4n) is 2.67. The molecule has 1 fully saturated rings. The van der Waals surface area contributed by atoms with Gasteiger partial charge < -0.3 is 14.4 Å². The third-order valence-electron chi connectivity index (χ3n) is 3.94. The minimum atomic E-state index is -0.195. The van der Waals surface area contributed by atoms with Crippen LogP contribution in [0.1, 0.15) is 22.0 Å². The lowest BCUT2D eigenvalue weighted by atomic mass is 10.1. The number of carbonyl (C=O) groups is 1. The number of hydrogen-bond acceptors (Lipinski definition) is 3. The molecule has 1 atom stereocenters. The average Bonchev–Trinajstić information content (AvgIpc) is 2.62. The largest absolute Gasteiger partial charge is 0.497 e. The maximum atomic E-state index is 12.7. The Morgan fingerprint density at radius 1 is 1.22 bits per heavy atom. The zero-order valence-electron chi connectivity index (χ0n) is 12.9. The number of methoxy groups -OCH3 is 1. The lowest BCUT2D eigenvalue weighted by Gasteiger charge is -2.33. The third kappa shape index (κ3) is 3.49. The zero-order valence-corrected chi connectivity index (χ0v) is 13.6. The minimum absolute atomic E-state index is 0.00648. The van der Waals surface area contributed by atoms with E-state index >= 15 is 0 Å². The first-order valence-electron chi connectivity index (χ1n) is 7.48. The van der Waals surface area contributed by atoms with E-state index in [0.717, 1.165) is 11.3 Å². The van der Waals surface area contributed by atoms with Crippen LogP contribution in [0, 0.1) is 0 Å². The number of carbonyl (C=O) groups excluding carboxylic acids is 1. The van der Waals surface area contributed by atoms with Gasteiger partial charge in [0.25, 0.3) is 5.91 Å². The van der Waals surface area contributed by atoms with E-state index < -0.39 is 0 Å². The van der Waals surface area contributed by atoms with Crippen molar-refractivity contribution in [2.45, 2.75) is 6.10 Å². The average molecular weight is 332 g/mol. The van der Waals surface area contributed by atoms with Gasteiger partial charge in [-0.2, -0.15) is 0 Å². The van der Waals surface area contributed by atoms with Crippen LogP contribution in [0.25, 0.3) is 0 Å². The Labute approximate surface area is 140 Å². The Morgan fingerprint density at radius 2 is 1.96 bits per heavy atom. The molecule has 1 aliphatic rings. The summed E-state index contributed by atoms with van der Waals surface area (Å²) >= 11 is 6.24. The van der Waals surface area contributed by atoms with E-state index in [0.29, 0.717) is 30.3 Å². The summed E-state index contributed by atoms with van der Waals surface area (Å²) in [7, 11) is 1.60. The van der Waals surface area contributed by atoms with Gasteiger partial charge in [-0.1, -0.05) is 29.8 Å². The number of amides is 1. The van der Waals surface area contributed by atoms with E-state index in [1.807, 2.05) is 24.3 Å². The van der Waals surface area contributed by atoms with E-state index in [4.69, 9.17) is 21.1 Å². The highest BCUT2D eigenvalue weighted by Crippen LogP contribution is 2.29. The second-order valence-corrected chi connectivity index (χ2v) is 5.77. The Kier molecular flexibility index (Phi) is 4.84. The number of ether oxygens (including phenoxy) is 2. The van der Waals surface area contributed by atoms with Crippen LogP contribution in [0.15, 0.2) is 48.5 Å². The molecule has 23 heavy (non-hydrogen) atoms. The van der Waals surface area contributed by atoms with Crippen LogP contribution in [-0.4, -0.2) is 37.6 Å². The van der Waals surface area contributed by atoms with Crippen molar-refractivity contribution in [2.24, 2.45) is 0 Å². The van der Waals surface area contributed by atoms with Crippen molar-refractivity contribution >= 4 is 17.5 Å². The van der Waals surface area contributed by atoms with Crippen molar-refractivity contribution < 1.29 is 14.3 Å². The lowest BCUT2D eigenvalue weighted by molar-refractivity contribution is -0.0227. The predicted octanol–water partition coefficient (Wildman–Crippen LogP) is 3.56. The molecule has 0 saturated carbocycles. The molecule has 0 aliphatic carbocycles. The number of benzene rings is 2. The molecule has 5 heteroatoms. The van der Waals surface area contributed by atoms with Gasteiger partial charge in [-0.15, -0.1) is 0 Å². The van der Waals surface area contributed by atoms with Gasteiger partial charge in [0, 0.05) is 22.7 Å². The van der Waals surface area contributed by atoms with Crippen molar-refractivity contribution in [3.63, 3.8) is 0 Å². The van der Waals surface area contributed by atoms with E-state index in [1.165, 1.54) is 0 Å². The molecule has 0 radical (unpaired) electrons. The van der Waals surface area contributed by atoms with E-state index in [9.17, 15) is 4.79 Å². The second kappa shape index (κ2) is 7.02. The van der Waals surface area contributed by atoms with Crippen molar-refractivity contribution in [3.05, 3.63) is 64.7 Å². The molecule has 0 aromatic heterocycles. The number of nitrogens with zero attached hydrogens (tertiary/aromatic N) is 1. The quantitative estimate of drug-likeness (QED) is 0.863.